The van der Waals surface area contributed by atoms with Crippen molar-refractivity contribution in [1.82, 2.24) is 46.6 Å². The van der Waals surface area contributed by atoms with Crippen LogP contribution in [0.25, 0.3) is 0 Å². The molecule has 0 aliphatic rings. The van der Waals surface area contributed by atoms with Crippen molar-refractivity contribution in [3.8, 4) is 0 Å². The highest BCUT2D eigenvalue weighted by Gasteiger charge is 2.23. The lowest BCUT2D eigenvalue weighted by Crippen LogP contribution is -2.43. The fourth-order valence-corrected chi connectivity index (χ4v) is 7.38. The summed E-state index contributed by atoms with van der Waals surface area (Å²) >= 11 is 0. The molecular formula is C58H101N9O15. The molecule has 0 aliphatic heterocycles. The second-order valence-electron chi connectivity index (χ2n) is 19.6. The average Bonchev–Trinajstić information content (AvgIpc) is 3.48. The Bertz CT molecular complexity index is 1940. The second-order valence-corrected chi connectivity index (χ2v) is 19.6. The summed E-state index contributed by atoms with van der Waals surface area (Å²) in [5.41, 5.74) is 0. The molecule has 24 nitrogen and oxygen atoms in total. The van der Waals surface area contributed by atoms with Crippen LogP contribution in [0.1, 0.15) is 201 Å². The molecule has 0 radical (unpaired) electrons. The van der Waals surface area contributed by atoms with Gasteiger partial charge in [-0.05, 0) is 57.8 Å². The van der Waals surface area contributed by atoms with Crippen LogP contribution in [-0.2, 0) is 71.9 Å². The smallest absolute Gasteiger partial charge is 0.239 e. The maximum absolute atomic E-state index is 12.9. The van der Waals surface area contributed by atoms with E-state index in [0.29, 0.717) is 109 Å². The molecule has 0 aromatic rings. The van der Waals surface area contributed by atoms with Crippen molar-refractivity contribution in [2.45, 2.75) is 201 Å². The minimum Gasteiger partial charge on any atom is -0.359 e. The maximum atomic E-state index is 12.9. The van der Waals surface area contributed by atoms with Crippen LogP contribution in [0.3, 0.4) is 0 Å². The van der Waals surface area contributed by atoms with E-state index in [9.17, 15) is 71.9 Å². The first-order valence-corrected chi connectivity index (χ1v) is 29.2. The highest BCUT2D eigenvalue weighted by Crippen LogP contribution is 2.11. The van der Waals surface area contributed by atoms with Crippen molar-refractivity contribution in [2.75, 3.05) is 81.1 Å². The van der Waals surface area contributed by atoms with Crippen LogP contribution in [0.4, 0.5) is 0 Å². The van der Waals surface area contributed by atoms with Gasteiger partial charge in [-0.15, -0.1) is 0 Å². The third kappa shape index (κ3) is 46.9. The summed E-state index contributed by atoms with van der Waals surface area (Å²) < 4.78 is 0. The van der Waals surface area contributed by atoms with Crippen molar-refractivity contribution in [3.05, 3.63) is 0 Å². The standard InChI is InChI=1S/C30H52N4O7.C17H29N3O5.C11H20N2O3/c1-4-24(35)14-8-5-6-9-16-26(37)22-34(23-29(40)33-21-13-7-10-17-27(38)31-2)30(41)20-19-25(36)15-11-12-18-28(39)32-3;1-4-13(21)11-20(12-16(24)19-3)17(25)10-9-14(22)7-5-6-8-15(23)18-2;1-4-6-11(16)13(7-9(14)5-2)8-10(15)12-3/h4-23H2,1-3H3,(H,31,38)(H,32,39)(H,33,40);4-12H2,1-3H3,(H,18,23)(H,19,24);4-8H2,1-3H3,(H,12,15). The van der Waals surface area contributed by atoms with Gasteiger partial charge in [-0.25, -0.2) is 0 Å². The monoisotopic (exact) mass is 1160 g/mol. The first-order valence-electron chi connectivity index (χ1n) is 29.2. The van der Waals surface area contributed by atoms with Gasteiger partial charge in [0.2, 0.25) is 53.2 Å². The first-order chi connectivity index (χ1) is 39.0. The van der Waals surface area contributed by atoms with Gasteiger partial charge in [0.15, 0.2) is 17.3 Å². The number of hydrogen-bond acceptors (Lipinski definition) is 15. The van der Waals surface area contributed by atoms with E-state index in [0.717, 1.165) is 25.7 Å². The number of nitrogens with one attached hydrogen (secondary N) is 6. The Morgan fingerprint density at radius 3 is 0.915 bits per heavy atom. The molecule has 6 N–H and O–H groups in total. The van der Waals surface area contributed by atoms with Crippen LogP contribution in [0.5, 0.6) is 0 Å². The highest BCUT2D eigenvalue weighted by atomic mass is 16.2. The van der Waals surface area contributed by atoms with Crippen LogP contribution in [-0.4, -0.2) is 184 Å². The molecule has 9 amide bonds. The Labute approximate surface area is 487 Å². The Kier molecular flexibility index (Phi) is 50.7. The van der Waals surface area contributed by atoms with Crippen LogP contribution in [0.2, 0.25) is 0 Å². The van der Waals surface area contributed by atoms with E-state index < -0.39 is 5.91 Å². The summed E-state index contributed by atoms with van der Waals surface area (Å²) in [4.78, 5) is 180. The van der Waals surface area contributed by atoms with E-state index in [2.05, 4.69) is 31.9 Å². The van der Waals surface area contributed by atoms with E-state index in [-0.39, 0.29) is 166 Å². The number of rotatable bonds is 46. The van der Waals surface area contributed by atoms with Crippen LogP contribution in [0, 0.1) is 0 Å². The van der Waals surface area contributed by atoms with Crippen LogP contribution >= 0.6 is 0 Å². The SMILES string of the molecule is CCC(=O)CCCCCCC(=O)CN(CC(=O)NCCCCCC(=O)NC)C(=O)CCC(=O)CCCCC(=O)NC.CCC(=O)CN(CC(=O)NC)C(=O)CCC(=O)CCCCC(=O)NC.CCCC(=O)N(CC(=O)CC)CC(=O)NC. The number of Topliss-reactive ketones (excluding diaryl/α,β-unsaturated/α-hetero) is 6. The van der Waals surface area contributed by atoms with Crippen LogP contribution < -0.4 is 31.9 Å². The van der Waals surface area contributed by atoms with E-state index in [1.165, 1.54) is 28.8 Å². The average molecular weight is 1160 g/mol. The topological polar surface area (TPSA) is 338 Å². The summed E-state index contributed by atoms with van der Waals surface area (Å²) in [5.74, 6) is -2.36. The van der Waals surface area contributed by atoms with Gasteiger partial charge in [-0.2, -0.15) is 0 Å². The van der Waals surface area contributed by atoms with Crippen LogP contribution in [0.15, 0.2) is 0 Å². The molecule has 0 aliphatic carbocycles. The molecule has 0 atom stereocenters. The van der Waals surface area contributed by atoms with Crippen molar-refractivity contribution in [1.29, 1.82) is 0 Å². The summed E-state index contributed by atoms with van der Waals surface area (Å²) in [6.07, 6.45) is 12.5. The van der Waals surface area contributed by atoms with Gasteiger partial charge >= 0.3 is 0 Å². The van der Waals surface area contributed by atoms with Gasteiger partial charge in [-0.3, -0.25) is 71.9 Å². The quantitative estimate of drug-likeness (QED) is 0.0476. The molecule has 0 heterocycles. The molecule has 468 valence electrons. The molecule has 0 saturated heterocycles. The predicted molar refractivity (Wildman–Crippen MR) is 310 cm³/mol. The van der Waals surface area contributed by atoms with Crippen molar-refractivity contribution < 1.29 is 71.9 Å². The van der Waals surface area contributed by atoms with E-state index in [1.54, 1.807) is 35.0 Å². The summed E-state index contributed by atoms with van der Waals surface area (Å²) in [6.45, 7) is 6.78. The van der Waals surface area contributed by atoms with Crippen molar-refractivity contribution >= 4 is 87.9 Å². The number of unbranched alkanes of at least 4 members (excludes halogenated alkanes) is 7. The number of likely N-dealkylation sites (N-methyl/N-ethyl adjacent to an activating group) is 2. The van der Waals surface area contributed by atoms with E-state index in [1.807, 2.05) is 13.8 Å². The third-order valence-electron chi connectivity index (χ3n) is 12.7. The van der Waals surface area contributed by atoms with Crippen molar-refractivity contribution in [3.63, 3.8) is 0 Å². The first kappa shape index (κ1) is 79.5. The van der Waals surface area contributed by atoms with Gasteiger partial charge in [0.25, 0.3) is 0 Å². The Hall–Kier alpha value is -6.75. The molecule has 0 unspecified atom stereocenters. The lowest BCUT2D eigenvalue weighted by molar-refractivity contribution is -0.139. The normalized spacial score (nSPS) is 10.2. The minimum absolute atomic E-state index is 0.0208. The number of amides is 9. The summed E-state index contributed by atoms with van der Waals surface area (Å²) in [7, 11) is 7.67. The zero-order valence-electron chi connectivity index (χ0n) is 51.0. The van der Waals surface area contributed by atoms with E-state index >= 15 is 0 Å². The second kappa shape index (κ2) is 52.3. The fraction of sp³-hybridized carbons (Fsp3) is 0.741. The minimum atomic E-state index is -0.420. The molecule has 82 heavy (non-hydrogen) atoms. The van der Waals surface area contributed by atoms with Gasteiger partial charge in [0, 0.05) is 138 Å². The third-order valence-corrected chi connectivity index (χ3v) is 12.7. The molecule has 0 aromatic carbocycles. The molecule has 0 fully saturated rings. The van der Waals surface area contributed by atoms with Gasteiger partial charge < -0.3 is 46.6 Å². The molecule has 0 aromatic heterocycles. The van der Waals surface area contributed by atoms with Gasteiger partial charge in [0.05, 0.1) is 39.3 Å². The Morgan fingerprint density at radius 1 is 0.256 bits per heavy atom. The lowest BCUT2D eigenvalue weighted by Gasteiger charge is -2.21. The Balaban J connectivity index is -0.00000128. The number of carbonyl (C=O) groups is 15. The summed E-state index contributed by atoms with van der Waals surface area (Å²) in [6, 6.07) is 0. The maximum Gasteiger partial charge on any atom is 0.239 e. The molecule has 0 spiro atoms. The van der Waals surface area contributed by atoms with Gasteiger partial charge in [-0.1, -0.05) is 47.0 Å². The lowest BCUT2D eigenvalue weighted by atomic mass is 10.1. The van der Waals surface area contributed by atoms with Gasteiger partial charge in [0.1, 0.15) is 17.3 Å². The zero-order chi connectivity index (χ0) is 62.7. The molecule has 0 bridgehead atoms. The molecule has 24 heteroatoms. The zero-order valence-corrected chi connectivity index (χ0v) is 51.0. The predicted octanol–water partition coefficient (Wildman–Crippen LogP) is 3.32. The molecule has 0 saturated carbocycles. The number of hydrogen-bond donors (Lipinski definition) is 6. The fourth-order valence-electron chi connectivity index (χ4n) is 7.38. The number of carbonyl (C=O) groups excluding carboxylic acids is 15. The largest absolute Gasteiger partial charge is 0.359 e. The summed E-state index contributed by atoms with van der Waals surface area (Å²) in [5, 5.41) is 15.2. The van der Waals surface area contributed by atoms with Crippen molar-refractivity contribution in [2.24, 2.45) is 0 Å². The Morgan fingerprint density at radius 2 is 0.549 bits per heavy atom. The van der Waals surface area contributed by atoms with E-state index in [4.69, 9.17) is 0 Å². The molecule has 0 rings (SSSR count). The number of ketones is 6. The highest BCUT2D eigenvalue weighted by molar-refractivity contribution is 5.93. The number of nitrogens with zero attached hydrogens (tertiary/aromatic N) is 3. The molecular weight excluding hydrogens is 1060 g/mol.